The summed E-state index contributed by atoms with van der Waals surface area (Å²) in [5.74, 6) is 0.0697. The van der Waals surface area contributed by atoms with Gasteiger partial charge in [0, 0.05) is 11.6 Å². The second-order valence-electron chi connectivity index (χ2n) is 3.65. The van der Waals surface area contributed by atoms with Gasteiger partial charge in [-0.15, -0.1) is 4.91 Å². The summed E-state index contributed by atoms with van der Waals surface area (Å²) in [7, 11) is 1.32. The molecule has 0 saturated carbocycles. The Morgan fingerprint density at radius 3 is 2.78 bits per heavy atom. The van der Waals surface area contributed by atoms with Crippen molar-refractivity contribution in [2.24, 2.45) is 5.18 Å². The Labute approximate surface area is 102 Å². The minimum Gasteiger partial charge on any atom is -0.494 e. The van der Waals surface area contributed by atoms with Crippen molar-refractivity contribution in [1.29, 1.82) is 0 Å². The summed E-state index contributed by atoms with van der Waals surface area (Å²) in [4.78, 5) is 25.3. The van der Waals surface area contributed by atoms with Crippen LogP contribution in [0.1, 0.15) is 5.56 Å². The maximum atomic E-state index is 11.0. The molecule has 18 heavy (non-hydrogen) atoms. The molecule has 0 unspecified atom stereocenters. The minimum absolute atomic E-state index is 0.0312. The largest absolute Gasteiger partial charge is 0.494 e. The van der Waals surface area contributed by atoms with E-state index in [1.54, 1.807) is 13.0 Å². The third kappa shape index (κ3) is 1.65. The predicted molar refractivity (Wildman–Crippen MR) is 65.1 cm³/mol. The van der Waals surface area contributed by atoms with E-state index >= 15 is 0 Å². The Bertz CT molecular complexity index is 654. The number of benzene rings is 1. The molecule has 0 radical (unpaired) electrons. The Balaban J connectivity index is 3.02. The first-order valence-electron chi connectivity index (χ1n) is 5.04. The number of nitro groups is 1. The highest BCUT2D eigenvalue weighted by Gasteiger charge is 2.22. The van der Waals surface area contributed by atoms with Gasteiger partial charge in [0.2, 0.25) is 0 Å². The van der Waals surface area contributed by atoms with E-state index in [0.29, 0.717) is 10.9 Å². The fourth-order valence-electron chi connectivity index (χ4n) is 1.82. The number of aryl methyl sites for hydroxylation is 1. The van der Waals surface area contributed by atoms with Crippen LogP contribution in [0, 0.1) is 21.9 Å². The van der Waals surface area contributed by atoms with Gasteiger partial charge in [0.25, 0.3) is 5.69 Å². The summed E-state index contributed by atoms with van der Waals surface area (Å²) in [6.07, 6.45) is 1.45. The lowest BCUT2D eigenvalue weighted by molar-refractivity contribution is -0.383. The summed E-state index contributed by atoms with van der Waals surface area (Å²) in [5.41, 5.74) is 0.633. The van der Waals surface area contributed by atoms with Gasteiger partial charge >= 0.3 is 0 Å². The molecule has 0 aliphatic rings. The smallest absolute Gasteiger partial charge is 0.299 e. The van der Waals surface area contributed by atoms with Crippen LogP contribution in [0.15, 0.2) is 23.5 Å². The molecular weight excluding hydrogens is 238 g/mol. The third-order valence-electron chi connectivity index (χ3n) is 2.65. The molecular formula is C11H9N3O4. The van der Waals surface area contributed by atoms with Crippen molar-refractivity contribution in [3.8, 4) is 5.75 Å². The van der Waals surface area contributed by atoms with Gasteiger partial charge in [-0.2, -0.15) is 0 Å². The number of aromatic nitrogens is 1. The number of fused-ring (bicyclic) bond motifs is 1. The number of rotatable bonds is 3. The maximum absolute atomic E-state index is 11.0. The van der Waals surface area contributed by atoms with Crippen LogP contribution in [0.5, 0.6) is 5.75 Å². The van der Waals surface area contributed by atoms with E-state index in [-0.39, 0.29) is 22.6 Å². The highest BCUT2D eigenvalue weighted by molar-refractivity contribution is 6.00. The molecule has 0 amide bonds. The van der Waals surface area contributed by atoms with Crippen LogP contribution >= 0.6 is 0 Å². The van der Waals surface area contributed by atoms with Gasteiger partial charge in [0.15, 0.2) is 17.0 Å². The second kappa shape index (κ2) is 4.36. The molecule has 1 aromatic heterocycles. The van der Waals surface area contributed by atoms with Gasteiger partial charge in [0.1, 0.15) is 0 Å². The van der Waals surface area contributed by atoms with Crippen molar-refractivity contribution >= 4 is 22.3 Å². The van der Waals surface area contributed by atoms with Crippen LogP contribution < -0.4 is 4.74 Å². The molecule has 7 heteroatoms. The van der Waals surface area contributed by atoms with Crippen molar-refractivity contribution in [3.63, 3.8) is 0 Å². The molecule has 92 valence electrons. The lowest BCUT2D eigenvalue weighted by Gasteiger charge is -2.08. The van der Waals surface area contributed by atoms with E-state index in [1.807, 2.05) is 0 Å². The van der Waals surface area contributed by atoms with E-state index in [9.17, 15) is 15.0 Å². The second-order valence-corrected chi connectivity index (χ2v) is 3.65. The van der Waals surface area contributed by atoms with E-state index in [4.69, 9.17) is 4.74 Å². The van der Waals surface area contributed by atoms with Crippen molar-refractivity contribution in [2.75, 3.05) is 7.11 Å². The van der Waals surface area contributed by atoms with E-state index < -0.39 is 4.92 Å². The number of hydrogen-bond acceptors (Lipinski definition) is 6. The number of methoxy groups -OCH3 is 1. The first-order chi connectivity index (χ1) is 8.60. The summed E-state index contributed by atoms with van der Waals surface area (Å²) >= 11 is 0. The Morgan fingerprint density at radius 1 is 1.50 bits per heavy atom. The van der Waals surface area contributed by atoms with E-state index in [0.717, 1.165) is 6.07 Å². The van der Waals surface area contributed by atoms with Crippen molar-refractivity contribution in [2.45, 2.75) is 6.92 Å². The Hall–Kier alpha value is -2.57. The summed E-state index contributed by atoms with van der Waals surface area (Å²) < 4.78 is 4.96. The van der Waals surface area contributed by atoms with Gasteiger partial charge in [0.05, 0.1) is 18.1 Å². The monoisotopic (exact) mass is 247 g/mol. The molecule has 0 bridgehead atoms. The Kier molecular flexibility index (Phi) is 2.88. The SMILES string of the molecule is COc1cc([N+](=O)[O-])c2nccc(C)c2c1N=O. The highest BCUT2D eigenvalue weighted by atomic mass is 16.6. The number of hydrogen-bond donors (Lipinski definition) is 0. The predicted octanol–water partition coefficient (Wildman–Crippen LogP) is 2.86. The molecule has 2 aromatic rings. The third-order valence-corrected chi connectivity index (χ3v) is 2.65. The van der Waals surface area contributed by atoms with Crippen molar-refractivity contribution in [3.05, 3.63) is 38.9 Å². The number of pyridine rings is 1. The molecule has 0 saturated heterocycles. The fourth-order valence-corrected chi connectivity index (χ4v) is 1.82. The molecule has 7 nitrogen and oxygen atoms in total. The van der Waals surface area contributed by atoms with Crippen LogP contribution in [-0.4, -0.2) is 17.0 Å². The molecule has 0 N–H and O–H groups in total. The van der Waals surface area contributed by atoms with Gasteiger partial charge < -0.3 is 4.74 Å². The van der Waals surface area contributed by atoms with Crippen molar-refractivity contribution in [1.82, 2.24) is 4.98 Å². The Morgan fingerprint density at radius 2 is 2.22 bits per heavy atom. The zero-order valence-corrected chi connectivity index (χ0v) is 9.71. The first-order valence-corrected chi connectivity index (χ1v) is 5.04. The molecule has 0 aliphatic heterocycles. The average molecular weight is 247 g/mol. The molecule has 0 fully saturated rings. The van der Waals surface area contributed by atoms with Gasteiger partial charge in [-0.3, -0.25) is 10.1 Å². The molecule has 0 spiro atoms. The number of nitrogens with zero attached hydrogens (tertiary/aromatic N) is 3. The zero-order valence-electron chi connectivity index (χ0n) is 9.71. The highest BCUT2D eigenvalue weighted by Crippen LogP contribution is 2.41. The summed E-state index contributed by atoms with van der Waals surface area (Å²) in [6.45, 7) is 1.72. The lowest BCUT2D eigenvalue weighted by atomic mass is 10.1. The zero-order chi connectivity index (χ0) is 13.3. The molecule has 0 aliphatic carbocycles. The molecule has 2 rings (SSSR count). The van der Waals surface area contributed by atoms with E-state index in [2.05, 4.69) is 10.2 Å². The van der Waals surface area contributed by atoms with Crippen LogP contribution in [0.4, 0.5) is 11.4 Å². The lowest BCUT2D eigenvalue weighted by Crippen LogP contribution is -1.95. The van der Waals surface area contributed by atoms with Gasteiger partial charge in [-0.25, -0.2) is 4.98 Å². The minimum atomic E-state index is -0.564. The van der Waals surface area contributed by atoms with E-state index in [1.165, 1.54) is 13.3 Å². The summed E-state index contributed by atoms with van der Waals surface area (Å²) in [6, 6.07) is 2.81. The standard InChI is InChI=1S/C11H9N3O4/c1-6-3-4-12-10-7(14(16)17)5-8(18-2)11(13-15)9(6)10/h3-5H,1-2H3. The molecule has 0 atom stereocenters. The van der Waals surface area contributed by atoms with Gasteiger partial charge in [-0.1, -0.05) is 0 Å². The first kappa shape index (κ1) is 11.9. The molecule has 1 heterocycles. The number of nitro benzene ring substituents is 1. The van der Waals surface area contributed by atoms with Gasteiger partial charge in [-0.05, 0) is 23.7 Å². The van der Waals surface area contributed by atoms with Crippen LogP contribution in [0.25, 0.3) is 10.9 Å². The number of nitroso groups, excluding NO2 is 1. The quantitative estimate of drug-likeness (QED) is 0.472. The topological polar surface area (TPSA) is 94.7 Å². The summed E-state index contributed by atoms with van der Waals surface area (Å²) in [5, 5.41) is 14.2. The number of non-ortho nitro benzene ring substituents is 1. The van der Waals surface area contributed by atoms with Crippen LogP contribution in [-0.2, 0) is 0 Å². The van der Waals surface area contributed by atoms with Crippen LogP contribution in [0.3, 0.4) is 0 Å². The van der Waals surface area contributed by atoms with Crippen molar-refractivity contribution < 1.29 is 9.66 Å². The number of ether oxygens (including phenoxy) is 1. The van der Waals surface area contributed by atoms with Crippen LogP contribution in [0.2, 0.25) is 0 Å². The fraction of sp³-hybridized carbons (Fsp3) is 0.182. The normalized spacial score (nSPS) is 10.3. The average Bonchev–Trinajstić information content (AvgIpc) is 2.36. The molecule has 1 aromatic carbocycles. The maximum Gasteiger partial charge on any atom is 0.299 e.